The van der Waals surface area contributed by atoms with E-state index in [4.69, 9.17) is 40.2 Å². The van der Waals surface area contributed by atoms with Crippen LogP contribution in [0.25, 0.3) is 0 Å². The Morgan fingerprint density at radius 1 is 1.17 bits per heavy atom. The van der Waals surface area contributed by atoms with Crippen LogP contribution in [-0.2, 0) is 6.61 Å². The van der Waals surface area contributed by atoms with Crippen molar-refractivity contribution >= 4 is 46.7 Å². The van der Waals surface area contributed by atoms with Crippen LogP contribution in [0.2, 0.25) is 10.0 Å². The second kappa shape index (κ2) is 9.47. The summed E-state index contributed by atoms with van der Waals surface area (Å²) in [6.07, 6.45) is 1.68. The third kappa shape index (κ3) is 5.67. The van der Waals surface area contributed by atoms with Crippen LogP contribution < -0.4 is 15.5 Å². The lowest BCUT2D eigenvalue weighted by Crippen LogP contribution is -2.31. The van der Waals surface area contributed by atoms with Crippen molar-refractivity contribution < 1.29 is 4.74 Å². The number of ether oxygens (including phenoxy) is 1. The topological polar surface area (TPSA) is 45.7 Å². The number of hydrogen-bond donors (Lipinski definition) is 2. The van der Waals surface area contributed by atoms with Gasteiger partial charge in [0.15, 0.2) is 5.11 Å². The summed E-state index contributed by atoms with van der Waals surface area (Å²) in [5.74, 6) is 0.722. The van der Waals surface area contributed by atoms with E-state index in [9.17, 15) is 0 Å². The number of hydrazone groups is 1. The fourth-order valence-corrected chi connectivity index (χ4v) is 2.54. The number of halogens is 2. The molecule has 0 bridgehead atoms. The van der Waals surface area contributed by atoms with Crippen molar-refractivity contribution in [2.24, 2.45) is 5.10 Å². The van der Waals surface area contributed by atoms with Gasteiger partial charge in [-0.15, -0.1) is 0 Å². The Balaban J connectivity index is 1.90. The van der Waals surface area contributed by atoms with Crippen LogP contribution in [0.1, 0.15) is 18.1 Å². The van der Waals surface area contributed by atoms with Crippen molar-refractivity contribution in [3.8, 4) is 5.75 Å². The van der Waals surface area contributed by atoms with E-state index in [0.717, 1.165) is 23.4 Å². The molecule has 126 valence electrons. The van der Waals surface area contributed by atoms with Crippen LogP contribution in [0.5, 0.6) is 5.75 Å². The maximum atomic E-state index is 6.12. The highest BCUT2D eigenvalue weighted by atomic mass is 35.5. The molecule has 4 nitrogen and oxygen atoms in total. The lowest BCUT2D eigenvalue weighted by molar-refractivity contribution is 0.306. The van der Waals surface area contributed by atoms with Crippen LogP contribution >= 0.6 is 35.4 Å². The molecule has 0 aliphatic heterocycles. The van der Waals surface area contributed by atoms with E-state index in [-0.39, 0.29) is 0 Å². The van der Waals surface area contributed by atoms with Crippen LogP contribution in [0.3, 0.4) is 0 Å². The zero-order valence-electron chi connectivity index (χ0n) is 13.1. The fourth-order valence-electron chi connectivity index (χ4n) is 1.84. The number of benzene rings is 2. The maximum absolute atomic E-state index is 6.12. The van der Waals surface area contributed by atoms with E-state index >= 15 is 0 Å². The summed E-state index contributed by atoms with van der Waals surface area (Å²) in [6, 6.07) is 12.9. The third-order valence-electron chi connectivity index (χ3n) is 3.04. The zero-order valence-corrected chi connectivity index (χ0v) is 15.4. The Labute approximate surface area is 156 Å². The highest BCUT2D eigenvalue weighted by Gasteiger charge is 2.06. The van der Waals surface area contributed by atoms with E-state index < -0.39 is 0 Å². The summed E-state index contributed by atoms with van der Waals surface area (Å²) < 4.78 is 5.72. The van der Waals surface area contributed by atoms with Crippen molar-refractivity contribution in [3.63, 3.8) is 0 Å². The van der Waals surface area contributed by atoms with Gasteiger partial charge in [-0.05, 0) is 61.1 Å². The molecule has 0 atom stereocenters. The molecule has 2 N–H and O–H groups in total. The highest BCUT2D eigenvalue weighted by Crippen LogP contribution is 2.25. The average molecular weight is 382 g/mol. The van der Waals surface area contributed by atoms with E-state index in [1.54, 1.807) is 24.4 Å². The number of hydrogen-bond acceptors (Lipinski definition) is 3. The predicted molar refractivity (Wildman–Crippen MR) is 104 cm³/mol. The van der Waals surface area contributed by atoms with Crippen LogP contribution in [-0.4, -0.2) is 17.9 Å². The molecular weight excluding hydrogens is 365 g/mol. The number of nitrogens with one attached hydrogen (secondary N) is 2. The molecule has 2 rings (SSSR count). The summed E-state index contributed by atoms with van der Waals surface area (Å²) in [7, 11) is 0. The monoisotopic (exact) mass is 381 g/mol. The quantitative estimate of drug-likeness (QED) is 0.442. The molecule has 0 spiro atoms. The molecule has 0 saturated carbocycles. The minimum atomic E-state index is 0.310. The van der Waals surface area contributed by atoms with Crippen molar-refractivity contribution in [2.45, 2.75) is 13.5 Å². The molecule has 0 fully saturated rings. The van der Waals surface area contributed by atoms with Gasteiger partial charge in [0.2, 0.25) is 0 Å². The zero-order chi connectivity index (χ0) is 17.4. The normalized spacial score (nSPS) is 10.6. The van der Waals surface area contributed by atoms with Gasteiger partial charge in [-0.1, -0.05) is 29.3 Å². The molecule has 2 aromatic rings. The molecule has 2 aromatic carbocycles. The highest BCUT2D eigenvalue weighted by molar-refractivity contribution is 7.80. The first-order chi connectivity index (χ1) is 11.6. The summed E-state index contributed by atoms with van der Waals surface area (Å²) >= 11 is 17.3. The summed E-state index contributed by atoms with van der Waals surface area (Å²) in [4.78, 5) is 0. The Morgan fingerprint density at radius 3 is 2.46 bits per heavy atom. The Hall–Kier alpha value is -1.82. The van der Waals surface area contributed by atoms with E-state index in [1.807, 2.05) is 31.2 Å². The molecule has 0 heterocycles. The Bertz CT molecular complexity index is 700. The number of rotatable bonds is 6. The van der Waals surface area contributed by atoms with Crippen molar-refractivity contribution in [2.75, 3.05) is 6.54 Å². The molecule has 0 radical (unpaired) electrons. The van der Waals surface area contributed by atoms with Gasteiger partial charge in [0, 0.05) is 22.2 Å². The molecule has 0 aliphatic rings. The third-order valence-corrected chi connectivity index (χ3v) is 3.99. The Kier molecular flexibility index (Phi) is 7.31. The van der Waals surface area contributed by atoms with Crippen molar-refractivity contribution in [1.29, 1.82) is 0 Å². The molecule has 0 saturated heterocycles. The van der Waals surface area contributed by atoms with Gasteiger partial charge in [-0.2, -0.15) is 5.10 Å². The lowest BCUT2D eigenvalue weighted by atomic mass is 10.2. The van der Waals surface area contributed by atoms with Gasteiger partial charge in [0.25, 0.3) is 0 Å². The predicted octanol–water partition coefficient (Wildman–Crippen LogP) is 4.39. The van der Waals surface area contributed by atoms with Gasteiger partial charge in [0.1, 0.15) is 12.4 Å². The Morgan fingerprint density at radius 2 is 1.83 bits per heavy atom. The number of nitrogens with zero attached hydrogens (tertiary/aromatic N) is 1. The van der Waals surface area contributed by atoms with E-state index in [0.29, 0.717) is 21.8 Å². The van der Waals surface area contributed by atoms with Gasteiger partial charge < -0.3 is 10.1 Å². The first-order valence-electron chi connectivity index (χ1n) is 7.32. The van der Waals surface area contributed by atoms with Gasteiger partial charge >= 0.3 is 0 Å². The van der Waals surface area contributed by atoms with Gasteiger partial charge in [0.05, 0.1) is 6.21 Å². The van der Waals surface area contributed by atoms with Crippen LogP contribution in [0.15, 0.2) is 47.6 Å². The molecule has 0 unspecified atom stereocenters. The summed E-state index contributed by atoms with van der Waals surface area (Å²) in [5, 5.41) is 8.67. The van der Waals surface area contributed by atoms with Crippen LogP contribution in [0.4, 0.5) is 0 Å². The van der Waals surface area contributed by atoms with Crippen molar-refractivity contribution in [3.05, 3.63) is 63.6 Å². The van der Waals surface area contributed by atoms with E-state index in [2.05, 4.69) is 15.8 Å². The maximum Gasteiger partial charge on any atom is 0.186 e. The minimum absolute atomic E-state index is 0.310. The first-order valence-corrected chi connectivity index (χ1v) is 8.49. The largest absolute Gasteiger partial charge is 0.489 e. The molecule has 0 amide bonds. The minimum Gasteiger partial charge on any atom is -0.489 e. The van der Waals surface area contributed by atoms with E-state index in [1.165, 1.54) is 0 Å². The summed E-state index contributed by atoms with van der Waals surface area (Å²) in [5.41, 5.74) is 4.43. The molecular formula is C17H17Cl2N3OS. The second-order valence-corrected chi connectivity index (χ2v) is 6.01. The molecule has 7 heteroatoms. The van der Waals surface area contributed by atoms with Crippen LogP contribution in [0, 0.1) is 0 Å². The molecule has 0 aliphatic carbocycles. The van der Waals surface area contributed by atoms with Gasteiger partial charge in [-0.25, -0.2) is 0 Å². The number of thiocarbonyl (C=S) groups is 1. The fraction of sp³-hybridized carbons (Fsp3) is 0.176. The summed E-state index contributed by atoms with van der Waals surface area (Å²) in [6.45, 7) is 3.03. The molecule has 24 heavy (non-hydrogen) atoms. The standard InChI is InChI=1S/C17H17Cl2N3OS/c1-2-20-17(24)22-21-10-12-6-8-13(9-7-12)23-11-14-15(18)4-3-5-16(14)19/h3-10H,2,11H2,1H3,(H2,20,22,24)/b21-10-. The lowest BCUT2D eigenvalue weighted by Gasteiger charge is -2.09. The second-order valence-electron chi connectivity index (χ2n) is 4.79. The first kappa shape index (κ1) is 18.5. The smallest absolute Gasteiger partial charge is 0.186 e. The SMILES string of the molecule is CCNC(=S)N/N=C\c1ccc(OCc2c(Cl)cccc2Cl)cc1. The van der Waals surface area contributed by atoms with Crippen molar-refractivity contribution in [1.82, 2.24) is 10.7 Å². The molecule has 0 aromatic heterocycles. The average Bonchev–Trinajstić information content (AvgIpc) is 2.56. The van der Waals surface area contributed by atoms with Gasteiger partial charge in [-0.3, -0.25) is 5.43 Å².